The number of likely N-dealkylation sites (tertiary alicyclic amines) is 2. The number of aromatic nitrogens is 2. The third kappa shape index (κ3) is 6.28. The number of nitrogens with zero attached hydrogens (tertiary/aromatic N) is 5. The lowest BCUT2D eigenvalue weighted by Crippen LogP contribution is -2.43. The van der Waals surface area contributed by atoms with Gasteiger partial charge in [0.15, 0.2) is 34.2 Å². The number of rotatable bonds is 6. The van der Waals surface area contributed by atoms with Crippen molar-refractivity contribution < 1.29 is 32.9 Å². The van der Waals surface area contributed by atoms with E-state index in [2.05, 4.69) is 26.5 Å². The van der Waals surface area contributed by atoms with E-state index in [1.807, 2.05) is 53.4 Å². The van der Waals surface area contributed by atoms with Crippen LogP contribution in [0.3, 0.4) is 0 Å². The molecular formula is C41H33N6O7+. The van der Waals surface area contributed by atoms with Crippen molar-refractivity contribution in [3.63, 3.8) is 0 Å². The molecular weight excluding hydrogens is 688 g/mol. The molecule has 54 heavy (non-hydrogen) atoms. The van der Waals surface area contributed by atoms with Crippen LogP contribution in [0.1, 0.15) is 57.4 Å². The van der Waals surface area contributed by atoms with E-state index in [9.17, 15) is 14.4 Å². The Morgan fingerprint density at radius 1 is 0.815 bits per heavy atom. The average molecular weight is 722 g/mol. The van der Waals surface area contributed by atoms with E-state index >= 15 is 0 Å². The zero-order valence-corrected chi connectivity index (χ0v) is 28.9. The number of amides is 3. The van der Waals surface area contributed by atoms with E-state index < -0.39 is 18.0 Å². The molecule has 13 nitrogen and oxygen atoms in total. The quantitative estimate of drug-likeness (QED) is 0.197. The first kappa shape index (κ1) is 32.9. The molecule has 0 saturated carbocycles. The lowest BCUT2D eigenvalue weighted by Gasteiger charge is -2.24. The number of benzene rings is 4. The number of ether oxygens (including phenoxy) is 2. The molecule has 5 heterocycles. The number of carbonyl (C=O) groups excluding carboxylic acids is 3. The van der Waals surface area contributed by atoms with Crippen molar-refractivity contribution in [1.82, 2.24) is 20.1 Å². The Balaban J connectivity index is 0.941. The van der Waals surface area contributed by atoms with Gasteiger partial charge < -0.3 is 33.6 Å². The lowest BCUT2D eigenvalue weighted by atomic mass is 10.0. The largest absolute Gasteiger partial charge is 0.454 e. The van der Waals surface area contributed by atoms with Crippen molar-refractivity contribution in [2.45, 2.75) is 37.4 Å². The number of hydrogen-bond donors (Lipinski definition) is 1. The van der Waals surface area contributed by atoms with Gasteiger partial charge in [-0.1, -0.05) is 63.7 Å². The minimum absolute atomic E-state index is 0.0111. The molecule has 2 aromatic heterocycles. The molecule has 2 fully saturated rings. The highest BCUT2D eigenvalue weighted by Crippen LogP contribution is 2.37. The van der Waals surface area contributed by atoms with Gasteiger partial charge in [0, 0.05) is 29.9 Å². The lowest BCUT2D eigenvalue weighted by molar-refractivity contribution is -0.119. The Morgan fingerprint density at radius 2 is 1.63 bits per heavy atom. The molecule has 3 aliphatic rings. The van der Waals surface area contributed by atoms with E-state index in [4.69, 9.17) is 18.5 Å². The second-order valence-electron chi connectivity index (χ2n) is 13.4. The minimum atomic E-state index is -0.838. The Bertz CT molecular complexity index is 2450. The summed E-state index contributed by atoms with van der Waals surface area (Å²) < 4.78 is 22.1. The van der Waals surface area contributed by atoms with Gasteiger partial charge >= 0.3 is 6.07 Å². The van der Waals surface area contributed by atoms with Crippen LogP contribution in [-0.4, -0.2) is 69.8 Å². The highest BCUT2D eigenvalue weighted by atomic mass is 16.7. The molecule has 13 heteroatoms. The van der Waals surface area contributed by atoms with Gasteiger partial charge in [0.2, 0.25) is 12.7 Å². The maximum atomic E-state index is 13.9. The second-order valence-corrected chi connectivity index (χ2v) is 13.4. The molecule has 0 bridgehead atoms. The third-order valence-corrected chi connectivity index (χ3v) is 10.0. The maximum Gasteiger partial charge on any atom is 0.311 e. The van der Waals surface area contributed by atoms with E-state index in [1.165, 1.54) is 4.90 Å². The maximum absolute atomic E-state index is 13.9. The van der Waals surface area contributed by atoms with Gasteiger partial charge in [0.05, 0.1) is 17.8 Å². The van der Waals surface area contributed by atoms with Crippen LogP contribution < -0.4 is 14.8 Å². The topological polar surface area (TPSA) is 145 Å². The molecule has 3 atom stereocenters. The molecule has 0 aliphatic carbocycles. The van der Waals surface area contributed by atoms with E-state index in [0.717, 1.165) is 18.4 Å². The highest BCUT2D eigenvalue weighted by molar-refractivity contribution is 6.04. The normalized spacial score (nSPS) is 18.8. The van der Waals surface area contributed by atoms with Crippen molar-refractivity contribution in [1.29, 1.82) is 0 Å². The molecule has 3 aliphatic heterocycles. The van der Waals surface area contributed by atoms with Gasteiger partial charge in [0.25, 0.3) is 17.9 Å². The molecule has 4 aromatic carbocycles. The molecule has 1 N–H and O–H groups in total. The summed E-state index contributed by atoms with van der Waals surface area (Å²) in [4.78, 5) is 49.2. The highest BCUT2D eigenvalue weighted by Gasteiger charge is 2.45. The van der Waals surface area contributed by atoms with Crippen molar-refractivity contribution in [3.05, 3.63) is 130 Å². The zero-order valence-electron chi connectivity index (χ0n) is 28.9. The van der Waals surface area contributed by atoms with Crippen LogP contribution in [0.15, 0.2) is 112 Å². The predicted octanol–water partition coefficient (Wildman–Crippen LogP) is 6.79. The summed E-state index contributed by atoms with van der Waals surface area (Å²) in [5.74, 6) is 0.576. The monoisotopic (exact) mass is 721 g/mol. The summed E-state index contributed by atoms with van der Waals surface area (Å²) in [7, 11) is 0. The summed E-state index contributed by atoms with van der Waals surface area (Å²) in [6, 6.07) is 33.0. The number of fused-ring (bicyclic) bond motifs is 2. The summed E-state index contributed by atoms with van der Waals surface area (Å²) in [5, 5.41) is 11.7. The molecule has 2 saturated heterocycles. The molecule has 0 spiro atoms. The smallest absolute Gasteiger partial charge is 0.311 e. The zero-order chi connectivity index (χ0) is 36.6. The number of nitrogens with one attached hydrogen (secondary N) is 1. The fourth-order valence-electron chi connectivity index (χ4n) is 7.33. The van der Waals surface area contributed by atoms with Crippen molar-refractivity contribution >= 4 is 34.4 Å². The summed E-state index contributed by atoms with van der Waals surface area (Å²) in [6.07, 6.45) is 2.06. The van der Waals surface area contributed by atoms with Crippen molar-refractivity contribution in [2.75, 3.05) is 25.2 Å². The van der Waals surface area contributed by atoms with Crippen LogP contribution in [0.2, 0.25) is 0 Å². The summed E-state index contributed by atoms with van der Waals surface area (Å²) >= 11 is 0. The second kappa shape index (κ2) is 13.9. The van der Waals surface area contributed by atoms with Gasteiger partial charge in [-0.15, -0.1) is 0 Å². The first-order valence-electron chi connectivity index (χ1n) is 17.7. The van der Waals surface area contributed by atoms with Gasteiger partial charge in [-0.25, -0.2) is 0 Å². The van der Waals surface area contributed by atoms with E-state index in [1.54, 1.807) is 54.6 Å². The Kier molecular flexibility index (Phi) is 8.47. The van der Waals surface area contributed by atoms with E-state index in [0.29, 0.717) is 51.6 Å². The van der Waals surface area contributed by atoms with Crippen LogP contribution in [0.5, 0.6) is 11.5 Å². The van der Waals surface area contributed by atoms with Gasteiger partial charge in [0.1, 0.15) is 18.2 Å². The van der Waals surface area contributed by atoms with Crippen molar-refractivity contribution in [2.24, 2.45) is 0 Å². The summed E-state index contributed by atoms with van der Waals surface area (Å²) in [6.45, 7) is 0.924. The average Bonchev–Trinajstić information content (AvgIpc) is 4.06. The van der Waals surface area contributed by atoms with Crippen LogP contribution in [0.4, 0.5) is 5.69 Å². The van der Waals surface area contributed by atoms with Crippen LogP contribution in [0, 0.1) is 6.07 Å². The first-order valence-corrected chi connectivity index (χ1v) is 17.7. The fourth-order valence-corrected chi connectivity index (χ4v) is 7.33. The van der Waals surface area contributed by atoms with Crippen LogP contribution in [-0.2, 0) is 4.79 Å². The Labute approximate surface area is 308 Å². The van der Waals surface area contributed by atoms with E-state index in [-0.39, 0.29) is 49.0 Å². The number of anilines is 1. The number of hydrogen-bond acceptors (Lipinski definition) is 9. The molecule has 3 amide bonds. The van der Waals surface area contributed by atoms with Crippen LogP contribution >= 0.6 is 0 Å². The molecule has 6 aromatic rings. The van der Waals surface area contributed by atoms with Gasteiger partial charge in [-0.3, -0.25) is 14.4 Å². The van der Waals surface area contributed by atoms with Gasteiger partial charge in [-0.05, 0) is 60.9 Å². The molecule has 2 unspecified atom stereocenters. The van der Waals surface area contributed by atoms with Crippen LogP contribution in [0.25, 0.3) is 27.1 Å². The predicted molar refractivity (Wildman–Crippen MR) is 196 cm³/mol. The molecule has 268 valence electrons. The summed E-state index contributed by atoms with van der Waals surface area (Å²) in [5.41, 5.74) is 3.72. The Morgan fingerprint density at radius 3 is 2.48 bits per heavy atom. The molecule has 0 radical (unpaired) electrons. The van der Waals surface area contributed by atoms with Gasteiger partial charge in [-0.2, -0.15) is 0 Å². The standard InChI is InChI=1S/C41H32N6O7/c48-39(43-28-10-5-2-6-11-28)33-20-29(23-47(33)40(49)31-21-35(53-44-31)27-14-16-34-37(19-27)52-24-51-34)42-22-25-13-15-30-36(18-25)54-45-38(30)41(50)46-17-7-12-32(46)26-8-3-1-4-9-26/h1-6,8-11,13-16,18-19,21,29,32-33H,7,12,17,20,23-24H2/p+1/t29?,32-,33?/m0/s1. The minimum Gasteiger partial charge on any atom is -0.454 e. The SMILES string of the molecule is O=C(Nc1ccccc1)C1CC([N+]#Cc2ccc3c(C(=O)N4CCC[C@H]4c4ccccc4)noc3c2)CN1C(=O)c1cc(-c2ccc3c(c2)OCO3)on1. The van der Waals surface area contributed by atoms with Crippen molar-refractivity contribution in [3.8, 4) is 28.9 Å². The molecule has 9 rings (SSSR count). The third-order valence-electron chi connectivity index (χ3n) is 10.0. The first-order chi connectivity index (χ1) is 26.5. The fraction of sp³-hybridized carbons (Fsp3) is 0.220. The number of carbonyl (C=O) groups is 3. The number of para-hydroxylation sites is 1. The Hall–Kier alpha value is -6.94.